The van der Waals surface area contributed by atoms with E-state index in [0.717, 1.165) is 50.1 Å². The summed E-state index contributed by atoms with van der Waals surface area (Å²) < 4.78 is 0. The van der Waals surface area contributed by atoms with Crippen LogP contribution in [0.25, 0.3) is 0 Å². The molecule has 1 aliphatic carbocycles. The molecule has 7 rings (SSSR count). The molecule has 172 valence electrons. The van der Waals surface area contributed by atoms with Crippen LogP contribution in [0, 0.1) is 11.8 Å². The van der Waals surface area contributed by atoms with Crippen LogP contribution in [0.2, 0.25) is 0 Å². The average molecular weight is 450 g/mol. The fourth-order valence-corrected chi connectivity index (χ4v) is 8.01. The van der Waals surface area contributed by atoms with E-state index < -0.39 is 0 Å². The number of piperidine rings is 3. The van der Waals surface area contributed by atoms with E-state index in [4.69, 9.17) is 0 Å². The van der Waals surface area contributed by atoms with E-state index in [1.54, 1.807) is 0 Å². The van der Waals surface area contributed by atoms with Gasteiger partial charge in [0.05, 0.1) is 0 Å². The average Bonchev–Trinajstić information content (AvgIpc) is 2.91. The molecule has 3 fully saturated rings. The van der Waals surface area contributed by atoms with Crippen LogP contribution in [0.3, 0.4) is 0 Å². The number of fused-ring (bicyclic) bond motifs is 8. The lowest BCUT2D eigenvalue weighted by atomic mass is 9.47. The third-order valence-corrected chi connectivity index (χ3v) is 9.07. The summed E-state index contributed by atoms with van der Waals surface area (Å²) in [5.74, 6) is 1.06. The first-order valence-corrected chi connectivity index (χ1v) is 12.8. The Morgan fingerprint density at radius 3 is 1.74 bits per heavy atom. The quantitative estimate of drug-likeness (QED) is 0.590. The first-order chi connectivity index (χ1) is 16.8. The third-order valence-electron chi connectivity index (χ3n) is 9.07. The molecule has 0 radical (unpaired) electrons. The minimum atomic E-state index is -0.147. The predicted molar refractivity (Wildman–Crippen MR) is 136 cm³/mol. The van der Waals surface area contributed by atoms with E-state index in [9.17, 15) is 4.79 Å². The minimum Gasteiger partial charge on any atom is -0.362 e. The van der Waals surface area contributed by atoms with E-state index in [-0.39, 0.29) is 11.2 Å². The molecule has 3 aromatic rings. The van der Waals surface area contributed by atoms with Gasteiger partial charge in [-0.1, -0.05) is 66.7 Å². The van der Waals surface area contributed by atoms with Gasteiger partial charge < -0.3 is 15.5 Å². The van der Waals surface area contributed by atoms with Crippen molar-refractivity contribution in [3.8, 4) is 0 Å². The van der Waals surface area contributed by atoms with Crippen molar-refractivity contribution in [3.63, 3.8) is 0 Å². The summed E-state index contributed by atoms with van der Waals surface area (Å²) in [6.45, 7) is 4.00. The highest BCUT2D eigenvalue weighted by atomic mass is 16.1. The number of ketones is 1. The highest BCUT2D eigenvalue weighted by molar-refractivity contribution is 6.13. The van der Waals surface area contributed by atoms with Gasteiger partial charge in [-0.3, -0.25) is 4.79 Å². The van der Waals surface area contributed by atoms with Crippen molar-refractivity contribution in [3.05, 3.63) is 101 Å². The molecule has 4 nitrogen and oxygen atoms in total. The summed E-state index contributed by atoms with van der Waals surface area (Å²) in [4.78, 5) is 16.4. The smallest absolute Gasteiger partial charge is 0.193 e. The van der Waals surface area contributed by atoms with Crippen LogP contribution in [-0.2, 0) is 5.41 Å². The maximum atomic E-state index is 13.7. The first-order valence-electron chi connectivity index (χ1n) is 12.8. The molecule has 4 heteroatoms. The van der Waals surface area contributed by atoms with Crippen molar-refractivity contribution < 1.29 is 4.79 Å². The highest BCUT2D eigenvalue weighted by Gasteiger charge is 2.62. The lowest BCUT2D eigenvalue weighted by Gasteiger charge is -2.65. The van der Waals surface area contributed by atoms with Gasteiger partial charge >= 0.3 is 0 Å². The minimum absolute atomic E-state index is 0.147. The number of nitrogens with zero attached hydrogens (tertiary/aromatic N) is 1. The van der Waals surface area contributed by atoms with Gasteiger partial charge in [0.25, 0.3) is 0 Å². The normalized spacial score (nSPS) is 29.1. The van der Waals surface area contributed by atoms with Gasteiger partial charge in [0.2, 0.25) is 0 Å². The van der Waals surface area contributed by atoms with Crippen LogP contribution < -0.4 is 15.5 Å². The van der Waals surface area contributed by atoms with Crippen LogP contribution >= 0.6 is 0 Å². The maximum absolute atomic E-state index is 13.7. The van der Waals surface area contributed by atoms with Crippen LogP contribution in [0.15, 0.2) is 78.9 Å². The zero-order valence-corrected chi connectivity index (χ0v) is 19.4. The molecule has 2 N–H and O–H groups in total. The summed E-state index contributed by atoms with van der Waals surface area (Å²) in [7, 11) is 0. The number of rotatable bonds is 1. The Hall–Kier alpha value is -2.95. The first kappa shape index (κ1) is 20.4. The Kier molecular flexibility index (Phi) is 4.68. The summed E-state index contributed by atoms with van der Waals surface area (Å²) in [5.41, 5.74) is 5.57. The molecule has 0 saturated carbocycles. The highest BCUT2D eigenvalue weighted by Crippen LogP contribution is 2.59. The largest absolute Gasteiger partial charge is 0.362 e. The second-order valence-electron chi connectivity index (χ2n) is 10.4. The topological polar surface area (TPSA) is 44.4 Å². The fraction of sp³-hybridized carbons (Fsp3) is 0.367. The molecule has 3 heterocycles. The van der Waals surface area contributed by atoms with Gasteiger partial charge in [-0.25, -0.2) is 0 Å². The van der Waals surface area contributed by atoms with Crippen molar-refractivity contribution in [1.29, 1.82) is 0 Å². The van der Waals surface area contributed by atoms with Crippen LogP contribution in [0.1, 0.15) is 39.9 Å². The number of anilines is 1. The van der Waals surface area contributed by atoms with E-state index in [1.807, 2.05) is 12.1 Å². The van der Waals surface area contributed by atoms with Gasteiger partial charge in [0.15, 0.2) is 5.78 Å². The van der Waals surface area contributed by atoms with Gasteiger partial charge in [0, 0.05) is 47.4 Å². The van der Waals surface area contributed by atoms with E-state index in [1.165, 1.54) is 16.8 Å². The Morgan fingerprint density at radius 1 is 0.676 bits per heavy atom. The van der Waals surface area contributed by atoms with E-state index in [2.05, 4.69) is 82.3 Å². The lowest BCUT2D eigenvalue weighted by molar-refractivity contribution is 0.0548. The molecule has 4 atom stereocenters. The zero-order valence-electron chi connectivity index (χ0n) is 19.4. The molecule has 0 amide bonds. The second kappa shape index (κ2) is 7.79. The molecule has 0 bridgehead atoms. The summed E-state index contributed by atoms with van der Waals surface area (Å²) in [5, 5.41) is 7.46. The third kappa shape index (κ3) is 2.64. The van der Waals surface area contributed by atoms with Gasteiger partial charge in [-0.15, -0.1) is 0 Å². The molecular weight excluding hydrogens is 418 g/mol. The fourth-order valence-electron chi connectivity index (χ4n) is 8.01. The van der Waals surface area contributed by atoms with Gasteiger partial charge in [-0.2, -0.15) is 0 Å². The van der Waals surface area contributed by atoms with Crippen molar-refractivity contribution in [2.75, 3.05) is 31.1 Å². The number of hydrogen-bond donors (Lipinski definition) is 2. The molecule has 3 aliphatic heterocycles. The Labute approximate surface area is 201 Å². The number of para-hydroxylation sites is 1. The molecular formula is C30H31N3O. The van der Waals surface area contributed by atoms with Crippen molar-refractivity contribution >= 4 is 11.5 Å². The molecule has 4 aliphatic rings. The number of hydrogen-bond acceptors (Lipinski definition) is 4. The molecule has 3 aromatic carbocycles. The molecule has 4 unspecified atom stereocenters. The Bertz CT molecular complexity index is 1160. The second-order valence-corrected chi connectivity index (χ2v) is 10.4. The van der Waals surface area contributed by atoms with E-state index in [0.29, 0.717) is 23.9 Å². The standard InChI is InChI=1S/C30H31N3O/c34-29-21-10-4-6-12-23(21)30(24-13-7-5-11-22(24)29)25-14-16-31-18-27(25)33(20-8-2-1-3-9-20)28-19-32-17-15-26(28)30/h1-13,25-28,31-32H,14-19H2. The van der Waals surface area contributed by atoms with Crippen LogP contribution in [0.4, 0.5) is 5.69 Å². The van der Waals surface area contributed by atoms with Gasteiger partial charge in [0.1, 0.15) is 0 Å². The number of carbonyl (C=O) groups excluding carboxylic acids is 1. The van der Waals surface area contributed by atoms with Crippen molar-refractivity contribution in [2.24, 2.45) is 11.8 Å². The number of carbonyl (C=O) groups is 1. The lowest BCUT2D eigenvalue weighted by Crippen LogP contribution is -2.73. The number of nitrogens with one attached hydrogen (secondary N) is 2. The Morgan fingerprint density at radius 2 is 1.18 bits per heavy atom. The van der Waals surface area contributed by atoms with Crippen LogP contribution in [0.5, 0.6) is 0 Å². The monoisotopic (exact) mass is 449 g/mol. The summed E-state index contributed by atoms with van der Waals surface area (Å²) >= 11 is 0. The van der Waals surface area contributed by atoms with Crippen molar-refractivity contribution in [2.45, 2.75) is 30.3 Å². The number of benzene rings is 3. The molecule has 34 heavy (non-hydrogen) atoms. The van der Waals surface area contributed by atoms with E-state index >= 15 is 0 Å². The summed E-state index contributed by atoms with van der Waals surface area (Å²) in [6.07, 6.45) is 2.23. The van der Waals surface area contributed by atoms with Crippen LogP contribution in [-0.4, -0.2) is 44.0 Å². The maximum Gasteiger partial charge on any atom is 0.193 e. The molecule has 3 saturated heterocycles. The van der Waals surface area contributed by atoms with Gasteiger partial charge in [-0.05, 0) is 61.0 Å². The Balaban J connectivity index is 1.53. The zero-order chi connectivity index (χ0) is 22.7. The molecule has 0 aromatic heterocycles. The molecule has 1 spiro atoms. The predicted octanol–water partition coefficient (Wildman–Crippen LogP) is 3.99. The SMILES string of the molecule is O=C1c2ccccc2C2(c3ccccc31)C1CCNCC1N(c1ccccc1)C1CNCCC12. The summed E-state index contributed by atoms with van der Waals surface area (Å²) in [6, 6.07) is 28.8. The van der Waals surface area contributed by atoms with Crippen molar-refractivity contribution in [1.82, 2.24) is 10.6 Å².